The van der Waals surface area contributed by atoms with Gasteiger partial charge in [0.1, 0.15) is 5.82 Å². The fraction of sp³-hybridized carbons (Fsp3) is 0.333. The van der Waals surface area contributed by atoms with Gasteiger partial charge >= 0.3 is 0 Å². The monoisotopic (exact) mass is 289 g/mol. The number of rotatable bonds is 5. The molecule has 0 amide bonds. The quantitative estimate of drug-likeness (QED) is 0.910. The van der Waals surface area contributed by atoms with E-state index in [2.05, 4.69) is 5.10 Å². The van der Waals surface area contributed by atoms with Crippen LogP contribution in [0.1, 0.15) is 17.3 Å². The van der Waals surface area contributed by atoms with E-state index >= 15 is 0 Å². The number of ether oxygens (including phenoxy) is 2. The van der Waals surface area contributed by atoms with Gasteiger partial charge in [0.05, 0.1) is 20.4 Å². The number of nitrogens with two attached hydrogens (primary N) is 1. The van der Waals surface area contributed by atoms with E-state index in [1.54, 1.807) is 20.3 Å². The van der Waals surface area contributed by atoms with Crippen molar-refractivity contribution in [3.8, 4) is 11.5 Å². The molecule has 6 heteroatoms. The van der Waals surface area contributed by atoms with Crippen LogP contribution in [-0.4, -0.2) is 29.9 Å². The Bertz CT molecular complexity index is 637. The van der Waals surface area contributed by atoms with Gasteiger partial charge in [-0.1, -0.05) is 13.0 Å². The van der Waals surface area contributed by atoms with Crippen LogP contribution in [0, 0.1) is 5.92 Å². The van der Waals surface area contributed by atoms with E-state index in [9.17, 15) is 4.79 Å². The van der Waals surface area contributed by atoms with Gasteiger partial charge in [-0.05, 0) is 24.1 Å². The first-order chi connectivity index (χ1) is 10.1. The van der Waals surface area contributed by atoms with Gasteiger partial charge in [-0.25, -0.2) is 0 Å². The third-order valence-electron chi connectivity index (χ3n) is 3.29. The maximum atomic E-state index is 12.3. The number of aromatic nitrogens is 2. The summed E-state index contributed by atoms with van der Waals surface area (Å²) in [6, 6.07) is 7.21. The molecule has 1 aromatic heterocycles. The van der Waals surface area contributed by atoms with Gasteiger partial charge in [0, 0.05) is 12.0 Å². The molecule has 0 aliphatic carbocycles. The maximum absolute atomic E-state index is 12.3. The molecule has 2 rings (SSSR count). The molecule has 21 heavy (non-hydrogen) atoms. The summed E-state index contributed by atoms with van der Waals surface area (Å²) in [6.45, 7) is 1.85. The molecule has 6 nitrogen and oxygen atoms in total. The number of nitrogen functional groups attached to an aromatic ring is 1. The highest BCUT2D eigenvalue weighted by atomic mass is 16.5. The van der Waals surface area contributed by atoms with E-state index in [4.69, 9.17) is 15.2 Å². The van der Waals surface area contributed by atoms with Crippen LogP contribution in [0.5, 0.6) is 11.5 Å². The largest absolute Gasteiger partial charge is 0.493 e. The normalized spacial score (nSPS) is 12.0. The summed E-state index contributed by atoms with van der Waals surface area (Å²) in [6.07, 6.45) is 2.08. The molecule has 0 bridgehead atoms. The Morgan fingerprint density at radius 1 is 1.29 bits per heavy atom. The highest BCUT2D eigenvalue weighted by Gasteiger charge is 2.18. The van der Waals surface area contributed by atoms with Crippen LogP contribution in [0.3, 0.4) is 0 Å². The van der Waals surface area contributed by atoms with Crippen LogP contribution in [-0.2, 0) is 6.42 Å². The molecule has 0 fully saturated rings. The van der Waals surface area contributed by atoms with Crippen molar-refractivity contribution in [2.24, 2.45) is 5.92 Å². The molecule has 0 spiro atoms. The first-order valence-electron chi connectivity index (χ1n) is 6.61. The van der Waals surface area contributed by atoms with Crippen LogP contribution in [0.25, 0.3) is 0 Å². The Morgan fingerprint density at radius 2 is 2.00 bits per heavy atom. The molecule has 1 atom stereocenters. The Morgan fingerprint density at radius 3 is 2.57 bits per heavy atom. The zero-order valence-corrected chi connectivity index (χ0v) is 12.4. The van der Waals surface area contributed by atoms with Crippen LogP contribution in [0.2, 0.25) is 0 Å². The van der Waals surface area contributed by atoms with Gasteiger partial charge in [-0.15, -0.1) is 0 Å². The van der Waals surface area contributed by atoms with Crippen LogP contribution < -0.4 is 15.2 Å². The van der Waals surface area contributed by atoms with Crippen LogP contribution in [0.4, 0.5) is 5.82 Å². The summed E-state index contributed by atoms with van der Waals surface area (Å²) in [7, 11) is 3.17. The van der Waals surface area contributed by atoms with Crippen LogP contribution >= 0.6 is 0 Å². The fourth-order valence-corrected chi connectivity index (χ4v) is 2.15. The first kappa shape index (κ1) is 14.9. The summed E-state index contributed by atoms with van der Waals surface area (Å²) in [5.74, 6) is 1.28. The topological polar surface area (TPSA) is 79.4 Å². The zero-order valence-electron chi connectivity index (χ0n) is 12.4. The lowest BCUT2D eigenvalue weighted by Gasteiger charge is -2.13. The van der Waals surface area contributed by atoms with Crippen LogP contribution in [0.15, 0.2) is 30.5 Å². The summed E-state index contributed by atoms with van der Waals surface area (Å²) < 4.78 is 11.7. The lowest BCUT2D eigenvalue weighted by molar-refractivity contribution is 0.0830. The van der Waals surface area contributed by atoms with E-state index in [0.717, 1.165) is 5.56 Å². The molecule has 1 heterocycles. The Kier molecular flexibility index (Phi) is 4.47. The number of hydrogen-bond acceptors (Lipinski definition) is 5. The second-order valence-electron chi connectivity index (χ2n) is 4.80. The van der Waals surface area contributed by atoms with Gasteiger partial charge in [-0.2, -0.15) is 9.78 Å². The lowest BCUT2D eigenvalue weighted by atomic mass is 10.00. The number of benzene rings is 1. The van der Waals surface area contributed by atoms with E-state index in [1.165, 1.54) is 10.9 Å². The zero-order chi connectivity index (χ0) is 15.4. The van der Waals surface area contributed by atoms with Gasteiger partial charge in [-0.3, -0.25) is 4.79 Å². The second-order valence-corrected chi connectivity index (χ2v) is 4.80. The predicted molar refractivity (Wildman–Crippen MR) is 79.7 cm³/mol. The summed E-state index contributed by atoms with van der Waals surface area (Å²) in [4.78, 5) is 12.3. The van der Waals surface area contributed by atoms with Crippen molar-refractivity contribution >= 4 is 11.7 Å². The average molecular weight is 289 g/mol. The SMILES string of the molecule is COc1ccc(CC(C)C(=O)n2nccc2N)cc1OC. The number of carbonyl (C=O) groups excluding carboxylic acids is 1. The van der Waals surface area contributed by atoms with Crippen molar-refractivity contribution < 1.29 is 14.3 Å². The summed E-state index contributed by atoms with van der Waals surface area (Å²) >= 11 is 0. The molecular weight excluding hydrogens is 270 g/mol. The Hall–Kier alpha value is -2.50. The molecule has 0 saturated heterocycles. The number of hydrogen-bond donors (Lipinski definition) is 1. The van der Waals surface area contributed by atoms with Crippen molar-refractivity contribution in [2.45, 2.75) is 13.3 Å². The van der Waals surface area contributed by atoms with Gasteiger partial charge in [0.25, 0.3) is 5.91 Å². The minimum atomic E-state index is -0.245. The molecule has 2 N–H and O–H groups in total. The molecule has 1 aromatic carbocycles. The van der Waals surface area contributed by atoms with Crippen molar-refractivity contribution in [3.05, 3.63) is 36.0 Å². The number of methoxy groups -OCH3 is 2. The number of carbonyl (C=O) groups is 1. The van der Waals surface area contributed by atoms with E-state index < -0.39 is 0 Å². The molecule has 0 aliphatic heterocycles. The minimum Gasteiger partial charge on any atom is -0.493 e. The number of nitrogens with zero attached hydrogens (tertiary/aromatic N) is 2. The average Bonchev–Trinajstić information content (AvgIpc) is 2.92. The molecule has 0 saturated carbocycles. The highest BCUT2D eigenvalue weighted by Crippen LogP contribution is 2.28. The first-order valence-corrected chi connectivity index (χ1v) is 6.61. The fourth-order valence-electron chi connectivity index (χ4n) is 2.15. The minimum absolute atomic E-state index is 0.132. The third kappa shape index (κ3) is 3.16. The van der Waals surface area contributed by atoms with Gasteiger partial charge in [0.2, 0.25) is 0 Å². The Balaban J connectivity index is 2.14. The highest BCUT2D eigenvalue weighted by molar-refractivity contribution is 5.83. The van der Waals surface area contributed by atoms with Crippen molar-refractivity contribution in [1.29, 1.82) is 0 Å². The van der Waals surface area contributed by atoms with Crippen molar-refractivity contribution in [2.75, 3.05) is 20.0 Å². The standard InChI is InChI=1S/C15H19N3O3/c1-10(15(19)18-14(16)6-7-17-18)8-11-4-5-12(20-2)13(9-11)21-3/h4-7,9-10H,8,16H2,1-3H3. The van der Waals surface area contributed by atoms with E-state index in [0.29, 0.717) is 23.7 Å². The summed E-state index contributed by atoms with van der Waals surface area (Å²) in [5.41, 5.74) is 6.68. The van der Waals surface area contributed by atoms with Gasteiger partial charge in [0.15, 0.2) is 11.5 Å². The van der Waals surface area contributed by atoms with Crippen molar-refractivity contribution in [3.63, 3.8) is 0 Å². The summed E-state index contributed by atoms with van der Waals surface area (Å²) in [5, 5.41) is 3.94. The maximum Gasteiger partial charge on any atom is 0.251 e. The molecule has 2 aromatic rings. The lowest BCUT2D eigenvalue weighted by Crippen LogP contribution is -2.23. The Labute approximate surface area is 123 Å². The third-order valence-corrected chi connectivity index (χ3v) is 3.29. The predicted octanol–water partition coefficient (Wildman–Crippen LogP) is 2.00. The van der Waals surface area contributed by atoms with Crippen molar-refractivity contribution in [1.82, 2.24) is 9.78 Å². The molecule has 0 radical (unpaired) electrons. The molecule has 1 unspecified atom stereocenters. The number of anilines is 1. The smallest absolute Gasteiger partial charge is 0.251 e. The molecule has 112 valence electrons. The van der Waals surface area contributed by atoms with E-state index in [1.807, 2.05) is 25.1 Å². The molecular formula is C15H19N3O3. The van der Waals surface area contributed by atoms with E-state index in [-0.39, 0.29) is 11.8 Å². The molecule has 0 aliphatic rings. The second kappa shape index (κ2) is 6.30. The van der Waals surface area contributed by atoms with Gasteiger partial charge < -0.3 is 15.2 Å².